The van der Waals surface area contributed by atoms with Gasteiger partial charge in [0.2, 0.25) is 22.7 Å². The molecular formula is C21H24N4O7S. The lowest BCUT2D eigenvalue weighted by atomic mass is 10.2. The Morgan fingerprint density at radius 2 is 1.82 bits per heavy atom. The van der Waals surface area contributed by atoms with Crippen LogP contribution in [0, 0.1) is 10.1 Å². The molecular weight excluding hydrogens is 452 g/mol. The average Bonchev–Trinajstić information content (AvgIpc) is 3.30. The van der Waals surface area contributed by atoms with Gasteiger partial charge in [0, 0.05) is 38.8 Å². The zero-order chi connectivity index (χ0) is 23.6. The molecule has 33 heavy (non-hydrogen) atoms. The van der Waals surface area contributed by atoms with Crippen LogP contribution >= 0.6 is 0 Å². The molecule has 176 valence electrons. The standard InChI is InChI=1S/C21H24N4O7S/c1-15(21(26)22-13-16-6-7-18-19(12-16)32-14-31-18)23-8-10-24(11-9-23)33(29,30)20-5-3-2-4-17(20)25(27)28/h2-7,12,15H,8-11,13-14H2,1H3,(H,22,26)/t15-/m1/s1. The van der Waals surface area contributed by atoms with Crippen LogP contribution < -0.4 is 14.8 Å². The van der Waals surface area contributed by atoms with E-state index in [0.717, 1.165) is 5.56 Å². The molecule has 1 N–H and O–H groups in total. The normalized spacial score (nSPS) is 17.5. The smallest absolute Gasteiger partial charge is 0.289 e. The van der Waals surface area contributed by atoms with Gasteiger partial charge >= 0.3 is 0 Å². The highest BCUT2D eigenvalue weighted by atomic mass is 32.2. The van der Waals surface area contributed by atoms with Crippen LogP contribution in [0.2, 0.25) is 0 Å². The van der Waals surface area contributed by atoms with E-state index in [4.69, 9.17) is 9.47 Å². The first-order valence-electron chi connectivity index (χ1n) is 10.4. The van der Waals surface area contributed by atoms with Crippen molar-refractivity contribution in [3.05, 3.63) is 58.1 Å². The lowest BCUT2D eigenvalue weighted by molar-refractivity contribution is -0.387. The number of piperazine rings is 1. The molecule has 4 rings (SSSR count). The van der Waals surface area contributed by atoms with Gasteiger partial charge in [0.25, 0.3) is 5.69 Å². The summed E-state index contributed by atoms with van der Waals surface area (Å²) in [6.07, 6.45) is 0. The first-order valence-corrected chi connectivity index (χ1v) is 11.9. The van der Waals surface area contributed by atoms with Gasteiger partial charge in [-0.1, -0.05) is 18.2 Å². The van der Waals surface area contributed by atoms with E-state index in [1.54, 1.807) is 13.0 Å². The van der Waals surface area contributed by atoms with Crippen molar-refractivity contribution >= 4 is 21.6 Å². The highest BCUT2D eigenvalue weighted by Crippen LogP contribution is 2.32. The Hall–Kier alpha value is -3.22. The molecule has 0 spiro atoms. The zero-order valence-electron chi connectivity index (χ0n) is 18.0. The summed E-state index contributed by atoms with van der Waals surface area (Å²) in [4.78, 5) is 24.8. The van der Waals surface area contributed by atoms with Gasteiger partial charge in [0.15, 0.2) is 16.4 Å². The molecule has 2 heterocycles. The summed E-state index contributed by atoms with van der Waals surface area (Å²) >= 11 is 0. The SMILES string of the molecule is C[C@H](C(=O)NCc1ccc2c(c1)OCO2)N1CCN(S(=O)(=O)c2ccccc2[N+](=O)[O-])CC1. The first-order chi connectivity index (χ1) is 15.8. The summed E-state index contributed by atoms with van der Waals surface area (Å²) in [6, 6.07) is 10.3. The topological polar surface area (TPSA) is 131 Å². The number of ether oxygens (including phenoxy) is 2. The molecule has 0 aromatic heterocycles. The van der Waals surface area contributed by atoms with Crippen LogP contribution in [0.5, 0.6) is 11.5 Å². The maximum Gasteiger partial charge on any atom is 0.289 e. The van der Waals surface area contributed by atoms with E-state index in [1.807, 2.05) is 17.0 Å². The van der Waals surface area contributed by atoms with E-state index in [2.05, 4.69) is 5.32 Å². The summed E-state index contributed by atoms with van der Waals surface area (Å²) in [5, 5.41) is 14.1. The molecule has 12 heteroatoms. The number of sulfonamides is 1. The van der Waals surface area contributed by atoms with Gasteiger partial charge < -0.3 is 14.8 Å². The fraction of sp³-hybridized carbons (Fsp3) is 0.381. The number of para-hydroxylation sites is 1. The molecule has 2 aromatic rings. The maximum absolute atomic E-state index is 13.0. The van der Waals surface area contributed by atoms with Crippen molar-refractivity contribution in [2.45, 2.75) is 24.4 Å². The molecule has 1 amide bonds. The molecule has 2 aliphatic heterocycles. The Labute approximate surface area is 191 Å². The number of nitro groups is 1. The third-order valence-electron chi connectivity index (χ3n) is 5.78. The van der Waals surface area contributed by atoms with Gasteiger partial charge in [-0.3, -0.25) is 19.8 Å². The molecule has 0 bridgehead atoms. The molecule has 1 saturated heterocycles. The first kappa shape index (κ1) is 23.0. The van der Waals surface area contributed by atoms with Crippen molar-refractivity contribution in [2.24, 2.45) is 0 Å². The van der Waals surface area contributed by atoms with Gasteiger partial charge in [-0.15, -0.1) is 0 Å². The number of carbonyl (C=O) groups is 1. The van der Waals surface area contributed by atoms with Gasteiger partial charge in [-0.25, -0.2) is 8.42 Å². The van der Waals surface area contributed by atoms with Crippen molar-refractivity contribution in [3.8, 4) is 11.5 Å². The van der Waals surface area contributed by atoms with Crippen molar-refractivity contribution in [3.63, 3.8) is 0 Å². The molecule has 0 unspecified atom stereocenters. The Bertz CT molecular complexity index is 1160. The number of fused-ring (bicyclic) bond motifs is 1. The van der Waals surface area contributed by atoms with Gasteiger partial charge in [-0.05, 0) is 30.7 Å². The minimum Gasteiger partial charge on any atom is -0.454 e. The third kappa shape index (κ3) is 4.77. The molecule has 1 atom stereocenters. The summed E-state index contributed by atoms with van der Waals surface area (Å²) in [5.41, 5.74) is 0.427. The lowest BCUT2D eigenvalue weighted by Gasteiger charge is -2.36. The Kier molecular flexibility index (Phi) is 6.49. The van der Waals surface area contributed by atoms with Gasteiger partial charge in [-0.2, -0.15) is 4.31 Å². The van der Waals surface area contributed by atoms with Gasteiger partial charge in [0.1, 0.15) is 0 Å². The molecule has 0 aliphatic carbocycles. The third-order valence-corrected chi connectivity index (χ3v) is 7.73. The van der Waals surface area contributed by atoms with Crippen LogP contribution in [-0.2, 0) is 21.4 Å². The predicted octanol–water partition coefficient (Wildman–Crippen LogP) is 1.33. The average molecular weight is 477 g/mol. The lowest BCUT2D eigenvalue weighted by Crippen LogP contribution is -2.54. The number of amides is 1. The highest BCUT2D eigenvalue weighted by molar-refractivity contribution is 7.89. The highest BCUT2D eigenvalue weighted by Gasteiger charge is 2.35. The maximum atomic E-state index is 13.0. The number of nitrogens with one attached hydrogen (secondary N) is 1. The second kappa shape index (κ2) is 9.33. The van der Waals surface area contributed by atoms with Crippen LogP contribution in [0.15, 0.2) is 47.4 Å². The van der Waals surface area contributed by atoms with E-state index in [-0.39, 0.29) is 30.7 Å². The summed E-state index contributed by atoms with van der Waals surface area (Å²) < 4.78 is 37.8. The quantitative estimate of drug-likeness (QED) is 0.468. The zero-order valence-corrected chi connectivity index (χ0v) is 18.8. The fourth-order valence-corrected chi connectivity index (χ4v) is 5.43. The number of nitro benzene ring substituents is 1. The second-order valence-corrected chi connectivity index (χ2v) is 9.65. The Balaban J connectivity index is 1.33. The number of rotatable bonds is 7. The van der Waals surface area contributed by atoms with Crippen molar-refractivity contribution in [1.82, 2.24) is 14.5 Å². The van der Waals surface area contributed by atoms with Crippen LogP contribution in [0.1, 0.15) is 12.5 Å². The van der Waals surface area contributed by atoms with Crippen LogP contribution in [0.25, 0.3) is 0 Å². The Morgan fingerprint density at radius 1 is 1.12 bits per heavy atom. The minimum atomic E-state index is -4.02. The van der Waals surface area contributed by atoms with E-state index in [1.165, 1.54) is 28.6 Å². The van der Waals surface area contributed by atoms with Crippen molar-refractivity contribution < 1.29 is 27.6 Å². The molecule has 0 radical (unpaired) electrons. The number of nitrogens with zero attached hydrogens (tertiary/aromatic N) is 3. The van der Waals surface area contributed by atoms with E-state index in [0.29, 0.717) is 31.1 Å². The predicted molar refractivity (Wildman–Crippen MR) is 117 cm³/mol. The number of hydrogen-bond acceptors (Lipinski definition) is 8. The van der Waals surface area contributed by atoms with E-state index >= 15 is 0 Å². The number of hydrogen-bond donors (Lipinski definition) is 1. The monoisotopic (exact) mass is 476 g/mol. The Morgan fingerprint density at radius 3 is 2.55 bits per heavy atom. The minimum absolute atomic E-state index is 0.133. The fourth-order valence-electron chi connectivity index (χ4n) is 3.85. The summed E-state index contributed by atoms with van der Waals surface area (Å²) in [5.74, 6) is 1.14. The van der Waals surface area contributed by atoms with E-state index < -0.39 is 26.7 Å². The van der Waals surface area contributed by atoms with Crippen molar-refractivity contribution in [2.75, 3.05) is 33.0 Å². The van der Waals surface area contributed by atoms with E-state index in [9.17, 15) is 23.3 Å². The van der Waals surface area contributed by atoms with Crippen LogP contribution in [0.4, 0.5) is 5.69 Å². The molecule has 2 aromatic carbocycles. The van der Waals surface area contributed by atoms with Gasteiger partial charge in [0.05, 0.1) is 11.0 Å². The van der Waals surface area contributed by atoms with Crippen LogP contribution in [0.3, 0.4) is 0 Å². The number of carbonyl (C=O) groups excluding carboxylic acids is 1. The van der Waals surface area contributed by atoms with Crippen molar-refractivity contribution in [1.29, 1.82) is 0 Å². The second-order valence-electron chi connectivity index (χ2n) is 7.75. The van der Waals surface area contributed by atoms with Crippen LogP contribution in [-0.4, -0.2) is 67.5 Å². The number of benzene rings is 2. The largest absolute Gasteiger partial charge is 0.454 e. The molecule has 0 saturated carbocycles. The summed E-state index contributed by atoms with van der Waals surface area (Å²) in [6.45, 7) is 3.20. The molecule has 1 fully saturated rings. The summed E-state index contributed by atoms with van der Waals surface area (Å²) in [7, 11) is -4.02. The molecule has 11 nitrogen and oxygen atoms in total. The molecule has 2 aliphatic rings.